The zero-order valence-corrected chi connectivity index (χ0v) is 23.1. The van der Waals surface area contributed by atoms with Crippen LogP contribution in [0, 0.1) is 0 Å². The molecule has 4 aliphatic rings. The van der Waals surface area contributed by atoms with Crippen molar-refractivity contribution in [2.75, 3.05) is 37.7 Å². The third-order valence-electron chi connectivity index (χ3n) is 9.36. The second kappa shape index (κ2) is 9.39. The number of anilines is 1. The Kier molecular flexibility index (Phi) is 5.76. The molecule has 4 aromatic rings. The Bertz CT molecular complexity index is 1610. The predicted octanol–water partition coefficient (Wildman–Crippen LogP) is 4.55. The van der Waals surface area contributed by atoms with Gasteiger partial charge in [0.1, 0.15) is 18.2 Å². The monoisotopic (exact) mass is 557 g/mol. The number of benzene rings is 2. The summed E-state index contributed by atoms with van der Waals surface area (Å²) in [7, 11) is 0. The summed E-state index contributed by atoms with van der Waals surface area (Å²) in [6.45, 7) is 4.65. The zero-order chi connectivity index (χ0) is 26.8. The van der Waals surface area contributed by atoms with Gasteiger partial charge in [-0.3, -0.25) is 4.90 Å². The van der Waals surface area contributed by atoms with Gasteiger partial charge in [-0.15, -0.1) is 0 Å². The van der Waals surface area contributed by atoms with Gasteiger partial charge >= 0.3 is 6.01 Å². The number of hydrogen-bond acceptors (Lipinski definition) is 9. The summed E-state index contributed by atoms with van der Waals surface area (Å²) in [5.41, 5.74) is 1.30. The van der Waals surface area contributed by atoms with E-state index in [1.165, 1.54) is 25.7 Å². The number of ether oxygens (including phenoxy) is 1. The number of phenolic OH excluding ortho intramolecular Hbond substituents is 1. The van der Waals surface area contributed by atoms with Crippen LogP contribution in [0.15, 0.2) is 36.5 Å². The second-order valence-electron chi connectivity index (χ2n) is 11.8. The molecule has 0 saturated carbocycles. The van der Waals surface area contributed by atoms with Crippen molar-refractivity contribution in [3.63, 3.8) is 0 Å². The van der Waals surface area contributed by atoms with E-state index in [2.05, 4.69) is 15.1 Å². The van der Waals surface area contributed by atoms with Gasteiger partial charge in [0.25, 0.3) is 0 Å². The highest BCUT2D eigenvalue weighted by Crippen LogP contribution is 2.40. The molecule has 0 amide bonds. The number of fused-ring (bicyclic) bond motifs is 5. The number of hydrogen-bond donors (Lipinski definition) is 2. The Hall–Kier alpha value is -3.27. The lowest BCUT2D eigenvalue weighted by Crippen LogP contribution is -2.51. The smallest absolute Gasteiger partial charge is 0.320 e. The summed E-state index contributed by atoms with van der Waals surface area (Å²) < 4.78 is 6.43. The molecule has 4 fully saturated rings. The van der Waals surface area contributed by atoms with Crippen LogP contribution in [0.3, 0.4) is 0 Å². The van der Waals surface area contributed by atoms with Gasteiger partial charge in [0, 0.05) is 47.3 Å². The van der Waals surface area contributed by atoms with Gasteiger partial charge in [0.15, 0.2) is 11.5 Å². The number of nitrogens with zero attached hydrogens (tertiary/aromatic N) is 6. The van der Waals surface area contributed by atoms with Crippen molar-refractivity contribution >= 4 is 39.2 Å². The molecule has 2 aromatic carbocycles. The van der Waals surface area contributed by atoms with Gasteiger partial charge in [-0.1, -0.05) is 23.7 Å². The molecule has 0 spiro atoms. The van der Waals surface area contributed by atoms with Crippen molar-refractivity contribution in [1.29, 1.82) is 0 Å². The Balaban J connectivity index is 1.23. The molecule has 2 N–H and O–H groups in total. The molecular formula is C30H32ClN7O2. The summed E-state index contributed by atoms with van der Waals surface area (Å²) >= 11 is 6.62. The molecule has 2 atom stereocenters. The van der Waals surface area contributed by atoms with E-state index in [0.717, 1.165) is 61.0 Å². The molecular weight excluding hydrogens is 526 g/mol. The molecule has 8 rings (SSSR count). The van der Waals surface area contributed by atoms with Crippen LogP contribution in [0.4, 0.5) is 5.82 Å². The first kappa shape index (κ1) is 24.5. The van der Waals surface area contributed by atoms with E-state index in [9.17, 15) is 5.11 Å². The number of rotatable bonds is 5. The minimum Gasteiger partial charge on any atom is -0.508 e. The maximum Gasteiger partial charge on any atom is 0.320 e. The minimum atomic E-state index is 0.0979. The second-order valence-corrected chi connectivity index (χ2v) is 12.2. The lowest BCUT2D eigenvalue weighted by atomic mass is 9.95. The Morgan fingerprint density at radius 2 is 1.85 bits per heavy atom. The molecule has 0 radical (unpaired) electrons. The van der Waals surface area contributed by atoms with E-state index < -0.39 is 0 Å². The Morgan fingerprint density at radius 1 is 1.05 bits per heavy atom. The van der Waals surface area contributed by atoms with Crippen molar-refractivity contribution < 1.29 is 9.84 Å². The zero-order valence-electron chi connectivity index (χ0n) is 22.3. The van der Waals surface area contributed by atoms with Gasteiger partial charge in [0.05, 0.1) is 10.9 Å². The van der Waals surface area contributed by atoms with Crippen molar-refractivity contribution in [2.45, 2.75) is 56.1 Å². The molecule has 2 aromatic heterocycles. The van der Waals surface area contributed by atoms with Crippen LogP contribution in [0.5, 0.6) is 11.8 Å². The number of aromatic hydroxyl groups is 1. The Morgan fingerprint density at radius 3 is 2.65 bits per heavy atom. The average molecular weight is 558 g/mol. The summed E-state index contributed by atoms with van der Waals surface area (Å²) in [5, 5.41) is 17.2. The third kappa shape index (κ3) is 4.05. The number of piperazine rings is 1. The first-order chi connectivity index (χ1) is 19.5. The van der Waals surface area contributed by atoms with Crippen LogP contribution in [-0.2, 0) is 0 Å². The summed E-state index contributed by atoms with van der Waals surface area (Å²) in [6, 6.07) is 10.3. The number of nitrogens with one attached hydrogen (secondary N) is 1. The molecule has 40 heavy (non-hydrogen) atoms. The van der Waals surface area contributed by atoms with Gasteiger partial charge in [0.2, 0.25) is 0 Å². The van der Waals surface area contributed by atoms with Gasteiger partial charge in [-0.05, 0) is 75.2 Å². The highest BCUT2D eigenvalue weighted by molar-refractivity contribution is 6.36. The molecule has 6 heterocycles. The van der Waals surface area contributed by atoms with Crippen LogP contribution in [0.25, 0.3) is 33.2 Å². The van der Waals surface area contributed by atoms with Crippen LogP contribution in [0.1, 0.15) is 38.5 Å². The lowest BCUT2D eigenvalue weighted by molar-refractivity contribution is 0.108. The normalized spacial score (nSPS) is 23.8. The number of halogens is 1. The van der Waals surface area contributed by atoms with Crippen molar-refractivity contribution in [2.24, 2.45) is 0 Å². The molecule has 10 heteroatoms. The maximum absolute atomic E-state index is 10.5. The highest BCUT2D eigenvalue weighted by atomic mass is 35.5. The van der Waals surface area contributed by atoms with E-state index in [1.54, 1.807) is 12.1 Å². The van der Waals surface area contributed by atoms with E-state index in [4.69, 9.17) is 36.3 Å². The first-order valence-corrected chi connectivity index (χ1v) is 14.8. The minimum absolute atomic E-state index is 0.0979. The molecule has 2 unspecified atom stereocenters. The Labute approximate surface area is 237 Å². The summed E-state index contributed by atoms with van der Waals surface area (Å²) in [5.74, 6) is 1.42. The summed E-state index contributed by atoms with van der Waals surface area (Å²) in [6.07, 6.45) is 8.91. The van der Waals surface area contributed by atoms with E-state index in [1.807, 2.05) is 24.4 Å². The summed E-state index contributed by atoms with van der Waals surface area (Å²) in [4.78, 5) is 24.4. The lowest BCUT2D eigenvalue weighted by Gasteiger charge is -2.34. The predicted molar refractivity (Wildman–Crippen MR) is 155 cm³/mol. The van der Waals surface area contributed by atoms with E-state index >= 15 is 0 Å². The molecule has 4 saturated heterocycles. The quantitative estimate of drug-likeness (QED) is 0.366. The number of aromatic nitrogens is 4. The van der Waals surface area contributed by atoms with E-state index in [0.29, 0.717) is 46.8 Å². The molecule has 2 bridgehead atoms. The number of phenols is 1. The van der Waals surface area contributed by atoms with Crippen LogP contribution < -0.4 is 15.0 Å². The fourth-order valence-corrected chi connectivity index (χ4v) is 7.77. The highest BCUT2D eigenvalue weighted by Gasteiger charge is 2.45. The van der Waals surface area contributed by atoms with Crippen LogP contribution >= 0.6 is 11.6 Å². The fraction of sp³-hybridized carbons (Fsp3) is 0.467. The largest absolute Gasteiger partial charge is 0.508 e. The fourth-order valence-electron chi connectivity index (χ4n) is 7.49. The third-order valence-corrected chi connectivity index (χ3v) is 9.68. The standard InChI is InChI=1S/C30H32ClN7O2/c31-24-5-1-4-18-12-21(39)13-22(25(18)24)26-32-14-23-27(34-26)35-29(40-17-30-8-2-10-38(30)11-3-9-30)36-28(23)37-15-19-6-7-20(16-37)33-19/h1,4-5,12-14,19-20,33,39H,2-3,6-11,15-17H2. The van der Waals surface area contributed by atoms with Gasteiger partial charge in [-0.25, -0.2) is 9.97 Å². The SMILES string of the molecule is Oc1cc(-c2ncc3c(N4CC5CCC(C4)N5)nc(OCC45CCCN4CCC5)nc3n2)c2c(Cl)cccc2c1. The molecule has 4 aliphatic heterocycles. The molecule has 9 nitrogen and oxygen atoms in total. The van der Waals surface area contributed by atoms with Crippen LogP contribution in [-0.4, -0.2) is 80.4 Å². The van der Waals surface area contributed by atoms with E-state index in [-0.39, 0.29) is 11.3 Å². The van der Waals surface area contributed by atoms with Crippen molar-refractivity contribution in [3.05, 3.63) is 41.6 Å². The molecule has 206 valence electrons. The average Bonchev–Trinajstić information content (AvgIpc) is 3.64. The van der Waals surface area contributed by atoms with Crippen LogP contribution in [0.2, 0.25) is 5.02 Å². The van der Waals surface area contributed by atoms with Crippen molar-refractivity contribution in [3.8, 4) is 23.1 Å². The molecule has 0 aliphatic carbocycles. The van der Waals surface area contributed by atoms with Gasteiger partial charge < -0.3 is 20.1 Å². The maximum atomic E-state index is 10.5. The van der Waals surface area contributed by atoms with Crippen molar-refractivity contribution in [1.82, 2.24) is 30.2 Å². The van der Waals surface area contributed by atoms with Gasteiger partial charge in [-0.2, -0.15) is 9.97 Å². The topological polar surface area (TPSA) is 99.5 Å². The first-order valence-electron chi connectivity index (χ1n) is 14.4.